The van der Waals surface area contributed by atoms with Crippen LogP contribution in [0, 0.1) is 0 Å². The van der Waals surface area contributed by atoms with Gasteiger partial charge in [0.05, 0.1) is 16.1 Å². The average Bonchev–Trinajstić information content (AvgIpc) is 3.52. The highest BCUT2D eigenvalue weighted by Crippen LogP contribution is 2.27. The van der Waals surface area contributed by atoms with Crippen LogP contribution in [-0.2, 0) is 21.3 Å². The molecule has 1 amide bonds. The molecule has 2 aromatic carbocycles. The molecule has 1 fully saturated rings. The minimum atomic E-state index is -4.51. The summed E-state index contributed by atoms with van der Waals surface area (Å²) in [5.74, 6) is -0.0822. The Labute approximate surface area is 257 Å². The molecule has 12 nitrogen and oxygen atoms in total. The maximum Gasteiger partial charge on any atom is 0.411 e. The van der Waals surface area contributed by atoms with Crippen molar-refractivity contribution in [2.75, 3.05) is 48.7 Å². The molecule has 5 N–H and O–H groups in total. The van der Waals surface area contributed by atoms with Gasteiger partial charge in [-0.25, -0.2) is 28.3 Å². The number of nitrogens with one attached hydrogen (secondary N) is 3. The summed E-state index contributed by atoms with van der Waals surface area (Å²) < 4.78 is 67.5. The highest BCUT2D eigenvalue weighted by atomic mass is 32.2. The maximum absolute atomic E-state index is 13.1. The fourth-order valence-electron chi connectivity index (χ4n) is 4.69. The second-order valence-electron chi connectivity index (χ2n) is 10.4. The van der Waals surface area contributed by atoms with Crippen molar-refractivity contribution in [2.24, 2.45) is 5.14 Å². The predicted octanol–water partition coefficient (Wildman–Crippen LogP) is 4.57. The summed E-state index contributed by atoms with van der Waals surface area (Å²) in [5.41, 5.74) is 2.70. The first-order valence-electron chi connectivity index (χ1n) is 14.0. The predicted molar refractivity (Wildman–Crippen MR) is 163 cm³/mol. The van der Waals surface area contributed by atoms with Crippen molar-refractivity contribution in [1.29, 1.82) is 0 Å². The molecular weight excluding hydrogens is 613 g/mol. The topological polar surface area (TPSA) is 164 Å². The number of halogens is 3. The summed E-state index contributed by atoms with van der Waals surface area (Å²) in [5, 5.41) is 13.1. The van der Waals surface area contributed by atoms with Gasteiger partial charge in [0.15, 0.2) is 5.82 Å². The molecule has 2 aromatic heterocycles. The molecule has 4 aromatic rings. The first-order valence-corrected chi connectivity index (χ1v) is 15.6. The molecule has 238 valence electrons. The molecule has 5 rings (SSSR count). The Morgan fingerprint density at radius 1 is 0.933 bits per heavy atom. The van der Waals surface area contributed by atoms with Gasteiger partial charge in [0.2, 0.25) is 16.0 Å². The number of amides is 1. The third-order valence-electron chi connectivity index (χ3n) is 6.97. The van der Waals surface area contributed by atoms with E-state index in [0.29, 0.717) is 41.2 Å². The van der Waals surface area contributed by atoms with E-state index in [1.807, 2.05) is 0 Å². The number of anilines is 3. The fourth-order valence-corrected chi connectivity index (χ4v) is 5.21. The van der Waals surface area contributed by atoms with E-state index in [4.69, 9.17) is 9.88 Å². The minimum absolute atomic E-state index is 0.0417. The van der Waals surface area contributed by atoms with E-state index >= 15 is 0 Å². The number of aromatic nitrogens is 3. The van der Waals surface area contributed by atoms with Gasteiger partial charge in [-0.15, -0.1) is 0 Å². The van der Waals surface area contributed by atoms with Crippen molar-refractivity contribution in [1.82, 2.24) is 19.9 Å². The molecule has 0 unspecified atom stereocenters. The number of nitrogens with two attached hydrogens (primary N) is 1. The summed E-state index contributed by atoms with van der Waals surface area (Å²) in [6.45, 7) is 1.84. The van der Waals surface area contributed by atoms with Gasteiger partial charge in [-0.2, -0.15) is 18.2 Å². The molecule has 1 aliphatic rings. The van der Waals surface area contributed by atoms with Crippen molar-refractivity contribution < 1.29 is 31.1 Å². The normalized spacial score (nSPS) is 14.0. The monoisotopic (exact) mass is 644 g/mol. The molecule has 16 heteroatoms. The van der Waals surface area contributed by atoms with E-state index in [1.165, 1.54) is 12.1 Å². The number of carbonyl (C=O) groups is 1. The molecule has 0 radical (unpaired) electrons. The molecule has 0 aliphatic carbocycles. The van der Waals surface area contributed by atoms with Gasteiger partial charge >= 0.3 is 12.3 Å². The number of fused-ring (bicyclic) bond motifs is 1. The number of rotatable bonds is 11. The SMILES string of the molecule is NS(=O)(=O)c1ccc(CNc2nc(NCC(F)(F)F)c3nc(-c4ccc(NC(=O)OCCN5CCCC5)cc4)ccc3n2)cc1. The average molecular weight is 645 g/mol. The van der Waals surface area contributed by atoms with E-state index < -0.39 is 28.8 Å². The third kappa shape index (κ3) is 8.99. The third-order valence-corrected chi connectivity index (χ3v) is 7.90. The van der Waals surface area contributed by atoms with Gasteiger partial charge in [-0.1, -0.05) is 24.3 Å². The van der Waals surface area contributed by atoms with Crippen molar-refractivity contribution in [2.45, 2.75) is 30.5 Å². The van der Waals surface area contributed by atoms with Gasteiger partial charge < -0.3 is 15.4 Å². The van der Waals surface area contributed by atoms with Crippen LogP contribution < -0.4 is 21.1 Å². The summed E-state index contributed by atoms with van der Waals surface area (Å²) >= 11 is 0. The number of ether oxygens (including phenoxy) is 1. The van der Waals surface area contributed by atoms with Crippen LogP contribution in [0.5, 0.6) is 0 Å². The molecule has 1 aliphatic heterocycles. The number of hydrogen-bond donors (Lipinski definition) is 4. The Hall–Kier alpha value is -4.54. The Morgan fingerprint density at radius 2 is 1.64 bits per heavy atom. The van der Waals surface area contributed by atoms with Crippen LogP contribution in [0.15, 0.2) is 65.6 Å². The van der Waals surface area contributed by atoms with Gasteiger partial charge in [0.1, 0.15) is 18.7 Å². The number of primary sulfonamides is 1. The summed E-state index contributed by atoms with van der Waals surface area (Å²) in [7, 11) is -3.85. The van der Waals surface area contributed by atoms with Crippen LogP contribution in [-0.4, -0.2) is 73.3 Å². The van der Waals surface area contributed by atoms with E-state index in [0.717, 1.165) is 25.9 Å². The number of sulfonamides is 1. The number of pyridine rings is 1. The van der Waals surface area contributed by atoms with Crippen LogP contribution in [0.2, 0.25) is 0 Å². The minimum Gasteiger partial charge on any atom is -0.448 e. The number of nitrogens with zero attached hydrogens (tertiary/aromatic N) is 4. The number of alkyl halides is 3. The van der Waals surface area contributed by atoms with Crippen LogP contribution in [0.4, 0.5) is 35.4 Å². The lowest BCUT2D eigenvalue weighted by Crippen LogP contribution is -2.26. The Morgan fingerprint density at radius 3 is 2.31 bits per heavy atom. The Balaban J connectivity index is 1.29. The maximum atomic E-state index is 13.1. The van der Waals surface area contributed by atoms with Gasteiger partial charge in [0.25, 0.3) is 0 Å². The number of likely N-dealkylation sites (tertiary alicyclic amines) is 1. The first-order chi connectivity index (χ1) is 21.4. The Bertz CT molecular complexity index is 1750. The lowest BCUT2D eigenvalue weighted by atomic mass is 10.1. The van der Waals surface area contributed by atoms with Crippen molar-refractivity contribution in [3.8, 4) is 11.3 Å². The Kier molecular flexibility index (Phi) is 9.65. The molecule has 1 saturated heterocycles. The van der Waals surface area contributed by atoms with E-state index in [-0.39, 0.29) is 28.7 Å². The molecule has 45 heavy (non-hydrogen) atoms. The van der Waals surface area contributed by atoms with Crippen LogP contribution in [0.25, 0.3) is 22.3 Å². The summed E-state index contributed by atoms with van der Waals surface area (Å²) in [4.78, 5) is 27.5. The number of benzene rings is 2. The molecular formula is C29H31F3N8O4S. The standard InChI is InChI=1S/C29H31F3N8O4S/c30-29(31,32)18-35-26-25-24(38-27(39-26)34-17-19-3-9-22(10-4-19)45(33,42)43)12-11-23(37-25)20-5-7-21(8-6-20)36-28(41)44-16-15-40-13-1-2-14-40/h3-12H,1-2,13-18H2,(H,36,41)(H2,33,42,43)(H2,34,35,38,39). The van der Waals surface area contributed by atoms with E-state index in [1.54, 1.807) is 48.5 Å². The highest BCUT2D eigenvalue weighted by molar-refractivity contribution is 7.89. The van der Waals surface area contributed by atoms with Crippen LogP contribution in [0.1, 0.15) is 18.4 Å². The number of carbonyl (C=O) groups excluding carboxylic acids is 1. The summed E-state index contributed by atoms with van der Waals surface area (Å²) in [6, 6.07) is 15.9. The smallest absolute Gasteiger partial charge is 0.411 e. The quantitative estimate of drug-likeness (QED) is 0.182. The van der Waals surface area contributed by atoms with Crippen LogP contribution in [0.3, 0.4) is 0 Å². The van der Waals surface area contributed by atoms with E-state index in [9.17, 15) is 26.4 Å². The van der Waals surface area contributed by atoms with Crippen LogP contribution >= 0.6 is 0 Å². The molecule has 0 spiro atoms. The second kappa shape index (κ2) is 13.6. The molecule has 0 bridgehead atoms. The molecule has 3 heterocycles. The van der Waals surface area contributed by atoms with Gasteiger partial charge in [-0.3, -0.25) is 10.2 Å². The van der Waals surface area contributed by atoms with E-state index in [2.05, 4.69) is 35.8 Å². The molecule has 0 saturated carbocycles. The highest BCUT2D eigenvalue weighted by Gasteiger charge is 2.27. The lowest BCUT2D eigenvalue weighted by Gasteiger charge is -2.14. The first kappa shape index (κ1) is 31.9. The van der Waals surface area contributed by atoms with Crippen molar-refractivity contribution in [3.63, 3.8) is 0 Å². The zero-order valence-corrected chi connectivity index (χ0v) is 24.8. The van der Waals surface area contributed by atoms with Crippen molar-refractivity contribution >= 4 is 44.6 Å². The molecule has 0 atom stereocenters. The zero-order chi connectivity index (χ0) is 32.0. The largest absolute Gasteiger partial charge is 0.448 e. The summed E-state index contributed by atoms with van der Waals surface area (Å²) in [6.07, 6.45) is -2.75. The van der Waals surface area contributed by atoms with Gasteiger partial charge in [-0.05, 0) is 67.9 Å². The lowest BCUT2D eigenvalue weighted by molar-refractivity contribution is -0.115. The second-order valence-corrected chi connectivity index (χ2v) is 11.9. The zero-order valence-electron chi connectivity index (χ0n) is 24.0. The fraction of sp³-hybridized carbons (Fsp3) is 0.310. The number of hydrogen-bond acceptors (Lipinski definition) is 10. The van der Waals surface area contributed by atoms with Gasteiger partial charge in [0, 0.05) is 24.3 Å². The van der Waals surface area contributed by atoms with Crippen molar-refractivity contribution in [3.05, 3.63) is 66.2 Å².